The summed E-state index contributed by atoms with van der Waals surface area (Å²) in [6.07, 6.45) is 0. The quantitative estimate of drug-likeness (QED) is 0.869. The van der Waals surface area contributed by atoms with Gasteiger partial charge in [0.15, 0.2) is 0 Å². The molecule has 0 saturated carbocycles. The molecule has 0 radical (unpaired) electrons. The highest BCUT2D eigenvalue weighted by Crippen LogP contribution is 2.37. The Kier molecular flexibility index (Phi) is 3.58. The number of halogens is 2. The number of hydrogen-bond acceptors (Lipinski definition) is 2. The minimum absolute atomic E-state index is 0.108. The molecule has 0 aliphatic heterocycles. The van der Waals surface area contributed by atoms with Gasteiger partial charge in [-0.15, -0.1) is 0 Å². The molecule has 84 valence electrons. The van der Waals surface area contributed by atoms with Crippen LogP contribution in [0.3, 0.4) is 0 Å². The molecule has 0 bridgehead atoms. The molecule has 0 fully saturated rings. The van der Waals surface area contributed by atoms with Gasteiger partial charge in [0.05, 0.1) is 18.7 Å². The maximum absolute atomic E-state index is 13.2. The van der Waals surface area contributed by atoms with Crippen LogP contribution in [0, 0.1) is 5.82 Å². The van der Waals surface area contributed by atoms with Crippen molar-refractivity contribution in [3.05, 3.63) is 28.5 Å². The van der Waals surface area contributed by atoms with Gasteiger partial charge in [-0.25, -0.2) is 4.39 Å². The molecule has 0 heterocycles. The summed E-state index contributed by atoms with van der Waals surface area (Å²) in [5.41, 5.74) is -0.0191. The molecule has 0 spiro atoms. The van der Waals surface area contributed by atoms with Crippen LogP contribution in [0.1, 0.15) is 19.4 Å². The lowest BCUT2D eigenvalue weighted by Crippen LogP contribution is -2.23. The van der Waals surface area contributed by atoms with Crippen molar-refractivity contribution in [2.24, 2.45) is 0 Å². The molecule has 2 nitrogen and oxygen atoms in total. The molecular formula is C11H14ClFO2. The highest BCUT2D eigenvalue weighted by atomic mass is 35.5. The predicted octanol–water partition coefficient (Wildman–Crippen LogP) is 2.76. The van der Waals surface area contributed by atoms with Crippen molar-refractivity contribution in [1.82, 2.24) is 0 Å². The molecule has 0 aliphatic rings. The topological polar surface area (TPSA) is 29.5 Å². The Morgan fingerprint density at radius 2 is 2.07 bits per heavy atom. The molecular weight excluding hydrogens is 219 g/mol. The number of methoxy groups -OCH3 is 1. The van der Waals surface area contributed by atoms with Crippen LogP contribution >= 0.6 is 11.6 Å². The van der Waals surface area contributed by atoms with Crippen LogP contribution in [0.25, 0.3) is 0 Å². The predicted molar refractivity (Wildman–Crippen MR) is 58.1 cm³/mol. The van der Waals surface area contributed by atoms with Gasteiger partial charge in [-0.05, 0) is 12.1 Å². The molecule has 1 N–H and O–H groups in total. The smallest absolute Gasteiger partial charge is 0.141 e. The number of hydrogen-bond donors (Lipinski definition) is 1. The lowest BCUT2D eigenvalue weighted by molar-refractivity contribution is 0.214. The molecule has 4 heteroatoms. The van der Waals surface area contributed by atoms with Gasteiger partial charge in [0.1, 0.15) is 11.6 Å². The number of ether oxygens (including phenoxy) is 1. The van der Waals surface area contributed by atoms with Crippen LogP contribution in [0.15, 0.2) is 12.1 Å². The SMILES string of the molecule is COc1c(Cl)cc(F)cc1C(C)(C)CO. The van der Waals surface area contributed by atoms with Crippen LogP contribution in [0.2, 0.25) is 5.02 Å². The van der Waals surface area contributed by atoms with Gasteiger partial charge in [-0.3, -0.25) is 0 Å². The summed E-state index contributed by atoms with van der Waals surface area (Å²) in [6, 6.07) is 2.53. The Bertz CT molecular complexity index is 364. The number of benzene rings is 1. The second-order valence-electron chi connectivity index (χ2n) is 4.01. The monoisotopic (exact) mass is 232 g/mol. The van der Waals surface area contributed by atoms with Crippen molar-refractivity contribution in [3.63, 3.8) is 0 Å². The molecule has 0 aromatic heterocycles. The number of aliphatic hydroxyl groups excluding tert-OH is 1. The van der Waals surface area contributed by atoms with E-state index in [1.54, 1.807) is 13.8 Å². The Balaban J connectivity index is 3.39. The summed E-state index contributed by atoms with van der Waals surface area (Å²) in [4.78, 5) is 0. The van der Waals surface area contributed by atoms with E-state index in [0.717, 1.165) is 0 Å². The largest absolute Gasteiger partial charge is 0.495 e. The summed E-state index contributed by atoms with van der Waals surface area (Å²) < 4.78 is 18.3. The number of aliphatic hydroxyl groups is 1. The van der Waals surface area contributed by atoms with E-state index in [0.29, 0.717) is 11.3 Å². The fraction of sp³-hybridized carbons (Fsp3) is 0.455. The second-order valence-corrected chi connectivity index (χ2v) is 4.42. The Morgan fingerprint density at radius 3 is 2.53 bits per heavy atom. The summed E-state index contributed by atoms with van der Waals surface area (Å²) in [5.74, 6) is -0.0190. The van der Waals surface area contributed by atoms with Gasteiger partial charge in [-0.1, -0.05) is 25.4 Å². The van der Waals surface area contributed by atoms with Crippen molar-refractivity contribution in [2.45, 2.75) is 19.3 Å². The maximum atomic E-state index is 13.2. The minimum atomic E-state index is -0.586. The van der Waals surface area contributed by atoms with Crippen molar-refractivity contribution >= 4 is 11.6 Å². The zero-order valence-electron chi connectivity index (χ0n) is 8.97. The van der Waals surface area contributed by atoms with Crippen LogP contribution in [0.4, 0.5) is 4.39 Å². The molecule has 0 atom stereocenters. The van der Waals surface area contributed by atoms with Gasteiger partial charge < -0.3 is 9.84 Å². The van der Waals surface area contributed by atoms with Crippen molar-refractivity contribution in [1.29, 1.82) is 0 Å². The van der Waals surface area contributed by atoms with Gasteiger partial charge >= 0.3 is 0 Å². The third-order valence-corrected chi connectivity index (χ3v) is 2.62. The lowest BCUT2D eigenvalue weighted by Gasteiger charge is -2.25. The zero-order chi connectivity index (χ0) is 11.6. The van der Waals surface area contributed by atoms with Crippen molar-refractivity contribution in [2.75, 3.05) is 13.7 Å². The van der Waals surface area contributed by atoms with Crippen LogP contribution in [0.5, 0.6) is 5.75 Å². The Morgan fingerprint density at radius 1 is 1.47 bits per heavy atom. The highest BCUT2D eigenvalue weighted by molar-refractivity contribution is 6.32. The third kappa shape index (κ3) is 2.41. The highest BCUT2D eigenvalue weighted by Gasteiger charge is 2.26. The molecule has 0 saturated heterocycles. The van der Waals surface area contributed by atoms with Gasteiger partial charge in [0.25, 0.3) is 0 Å². The van der Waals surface area contributed by atoms with Crippen molar-refractivity contribution < 1.29 is 14.2 Å². The average molecular weight is 233 g/mol. The molecule has 1 aromatic carbocycles. The fourth-order valence-electron chi connectivity index (χ4n) is 1.36. The molecule has 1 aromatic rings. The fourth-order valence-corrected chi connectivity index (χ4v) is 1.64. The molecule has 15 heavy (non-hydrogen) atoms. The van der Waals surface area contributed by atoms with Crippen LogP contribution in [-0.2, 0) is 5.41 Å². The van der Waals surface area contributed by atoms with Gasteiger partial charge in [0, 0.05) is 11.0 Å². The first kappa shape index (κ1) is 12.3. The van der Waals surface area contributed by atoms with Crippen LogP contribution in [-0.4, -0.2) is 18.8 Å². The van der Waals surface area contributed by atoms with E-state index in [1.807, 2.05) is 0 Å². The van der Waals surface area contributed by atoms with Crippen molar-refractivity contribution in [3.8, 4) is 5.75 Å². The molecule has 0 amide bonds. The van der Waals surface area contributed by atoms with E-state index in [9.17, 15) is 9.50 Å². The van der Waals surface area contributed by atoms with E-state index >= 15 is 0 Å². The third-order valence-electron chi connectivity index (χ3n) is 2.34. The lowest BCUT2D eigenvalue weighted by atomic mass is 9.85. The minimum Gasteiger partial charge on any atom is -0.495 e. The van der Waals surface area contributed by atoms with E-state index in [-0.39, 0.29) is 11.6 Å². The van der Waals surface area contributed by atoms with E-state index in [1.165, 1.54) is 19.2 Å². The van der Waals surface area contributed by atoms with E-state index < -0.39 is 11.2 Å². The Hall–Kier alpha value is -0.800. The zero-order valence-corrected chi connectivity index (χ0v) is 9.73. The summed E-state index contributed by atoms with van der Waals surface area (Å²) in [7, 11) is 1.47. The number of rotatable bonds is 3. The summed E-state index contributed by atoms with van der Waals surface area (Å²) in [5, 5.41) is 9.44. The molecule has 0 unspecified atom stereocenters. The Labute approximate surface area is 93.6 Å². The summed E-state index contributed by atoms with van der Waals surface area (Å²) in [6.45, 7) is 3.48. The molecule has 1 rings (SSSR count). The standard InChI is InChI=1S/C11H14ClFO2/c1-11(2,6-14)8-4-7(13)5-9(12)10(8)15-3/h4-5,14H,6H2,1-3H3. The van der Waals surface area contributed by atoms with Gasteiger partial charge in [0.2, 0.25) is 0 Å². The van der Waals surface area contributed by atoms with Gasteiger partial charge in [-0.2, -0.15) is 0 Å². The van der Waals surface area contributed by atoms with Crippen LogP contribution < -0.4 is 4.74 Å². The maximum Gasteiger partial charge on any atom is 0.141 e. The second kappa shape index (κ2) is 4.37. The first-order valence-corrected chi connectivity index (χ1v) is 4.94. The summed E-state index contributed by atoms with van der Waals surface area (Å²) >= 11 is 5.85. The average Bonchev–Trinajstić information content (AvgIpc) is 2.16. The first-order chi connectivity index (χ1) is 6.92. The van der Waals surface area contributed by atoms with E-state index in [2.05, 4.69) is 0 Å². The molecule has 0 aliphatic carbocycles. The van der Waals surface area contributed by atoms with E-state index in [4.69, 9.17) is 16.3 Å². The first-order valence-electron chi connectivity index (χ1n) is 4.56. The normalized spacial score (nSPS) is 11.6.